The average molecular weight is 222 g/mol. The molecule has 1 heterocycles. The molecule has 6 heteroatoms. The molecule has 0 aliphatic carbocycles. The number of nitro groups is 1. The van der Waals surface area contributed by atoms with Crippen molar-refractivity contribution in [3.05, 3.63) is 45.4 Å². The second-order valence-electron chi connectivity index (χ2n) is 2.85. The van der Waals surface area contributed by atoms with E-state index >= 15 is 0 Å². The number of hydrogen-bond acceptors (Lipinski definition) is 4. The van der Waals surface area contributed by atoms with Crippen molar-refractivity contribution in [2.24, 2.45) is 0 Å². The smallest absolute Gasteiger partial charge is 0.270 e. The lowest BCUT2D eigenvalue weighted by molar-refractivity contribution is -0.384. The first kappa shape index (κ1) is 9.60. The van der Waals surface area contributed by atoms with Crippen molar-refractivity contribution in [1.82, 2.24) is 4.98 Å². The van der Waals surface area contributed by atoms with Gasteiger partial charge in [0.25, 0.3) is 10.5 Å². The lowest BCUT2D eigenvalue weighted by Gasteiger charge is -1.95. The van der Waals surface area contributed by atoms with Gasteiger partial charge in [0.05, 0.1) is 4.92 Å². The number of benzene rings is 1. The Balaban J connectivity index is 2.49. The van der Waals surface area contributed by atoms with Crippen molar-refractivity contribution < 1.29 is 9.34 Å². The zero-order valence-electron chi connectivity index (χ0n) is 7.47. The van der Waals surface area contributed by atoms with Crippen LogP contribution in [0, 0.1) is 15.0 Å². The summed E-state index contributed by atoms with van der Waals surface area (Å²) in [6.07, 6.45) is 1.57. The molecule has 0 unspecified atom stereocenters. The Morgan fingerprint density at radius 1 is 1.47 bits per heavy atom. The summed E-state index contributed by atoms with van der Waals surface area (Å²) in [4.78, 5) is 13.0. The molecule has 0 saturated heterocycles. The highest BCUT2D eigenvalue weighted by Crippen LogP contribution is 2.23. The van der Waals surface area contributed by atoms with Crippen LogP contribution in [-0.2, 0) is 0 Å². The third-order valence-electron chi connectivity index (χ3n) is 1.87. The first-order valence-corrected chi connectivity index (χ1v) is 4.51. The predicted molar refractivity (Wildman–Crippen MR) is 56.0 cm³/mol. The van der Waals surface area contributed by atoms with Gasteiger partial charge in [-0.2, -0.15) is 0 Å². The summed E-state index contributed by atoms with van der Waals surface area (Å²) in [5.74, 6) is 0.490. The van der Waals surface area contributed by atoms with E-state index in [4.69, 9.17) is 16.6 Å². The summed E-state index contributed by atoms with van der Waals surface area (Å²) in [6, 6.07) is 6.17. The van der Waals surface area contributed by atoms with Gasteiger partial charge in [0, 0.05) is 23.9 Å². The Bertz CT molecular complexity index is 558. The van der Waals surface area contributed by atoms with Gasteiger partial charge in [-0.05, 0) is 12.2 Å². The number of aromatic amines is 1. The Hall–Kier alpha value is -1.95. The van der Waals surface area contributed by atoms with E-state index in [1.54, 1.807) is 18.3 Å². The van der Waals surface area contributed by atoms with Gasteiger partial charge in [-0.25, -0.2) is 0 Å². The molecule has 15 heavy (non-hydrogen) atoms. The molecule has 0 spiro atoms. The van der Waals surface area contributed by atoms with E-state index in [2.05, 4.69) is 4.98 Å². The third kappa shape index (κ3) is 1.94. The number of nitrogens with zero attached hydrogens (tertiary/aromatic N) is 1. The van der Waals surface area contributed by atoms with E-state index in [0.717, 1.165) is 0 Å². The summed E-state index contributed by atoms with van der Waals surface area (Å²) in [5, 5.41) is 10.5. The van der Waals surface area contributed by atoms with Crippen molar-refractivity contribution in [2.75, 3.05) is 0 Å². The van der Waals surface area contributed by atoms with Crippen LogP contribution in [0.15, 0.2) is 34.9 Å². The van der Waals surface area contributed by atoms with E-state index in [9.17, 15) is 10.1 Å². The molecule has 0 aliphatic rings. The van der Waals surface area contributed by atoms with Gasteiger partial charge < -0.3 is 9.40 Å². The Morgan fingerprint density at radius 2 is 2.27 bits per heavy atom. The summed E-state index contributed by atoms with van der Waals surface area (Å²) in [5.41, 5.74) is 0.645. The van der Waals surface area contributed by atoms with Gasteiger partial charge in [0.1, 0.15) is 0 Å². The van der Waals surface area contributed by atoms with Gasteiger partial charge in [-0.3, -0.25) is 10.1 Å². The molecule has 0 fully saturated rings. The van der Waals surface area contributed by atoms with Gasteiger partial charge in [0.2, 0.25) is 0 Å². The zero-order chi connectivity index (χ0) is 10.8. The summed E-state index contributed by atoms with van der Waals surface area (Å²) in [7, 11) is 0. The number of H-pyrrole nitrogens is 1. The quantitative estimate of drug-likeness (QED) is 0.481. The van der Waals surface area contributed by atoms with Crippen molar-refractivity contribution in [1.29, 1.82) is 0 Å². The maximum absolute atomic E-state index is 10.5. The molecule has 76 valence electrons. The molecule has 0 atom stereocenters. The van der Waals surface area contributed by atoms with Crippen LogP contribution in [0.2, 0.25) is 0 Å². The molecule has 0 radical (unpaired) electrons. The normalized spacial score (nSPS) is 10.1. The second kappa shape index (κ2) is 3.66. The molecule has 0 amide bonds. The minimum atomic E-state index is -0.454. The fourth-order valence-corrected chi connectivity index (χ4v) is 1.35. The molecule has 1 aromatic carbocycles. The summed E-state index contributed by atoms with van der Waals surface area (Å²) in [6.45, 7) is 0. The van der Waals surface area contributed by atoms with Crippen molar-refractivity contribution in [3.8, 4) is 11.3 Å². The number of aromatic nitrogens is 1. The number of non-ortho nitro benzene ring substituents is 1. The Labute approximate surface area is 89.5 Å². The third-order valence-corrected chi connectivity index (χ3v) is 2.07. The van der Waals surface area contributed by atoms with Gasteiger partial charge in [-0.1, -0.05) is 12.1 Å². The van der Waals surface area contributed by atoms with Crippen LogP contribution in [0.25, 0.3) is 11.3 Å². The van der Waals surface area contributed by atoms with Crippen LogP contribution in [0.1, 0.15) is 0 Å². The molecular weight excluding hydrogens is 216 g/mol. The van der Waals surface area contributed by atoms with E-state index < -0.39 is 4.92 Å². The Morgan fingerprint density at radius 3 is 2.87 bits per heavy atom. The molecule has 5 nitrogen and oxygen atoms in total. The Kier molecular flexibility index (Phi) is 2.34. The van der Waals surface area contributed by atoms with Crippen molar-refractivity contribution >= 4 is 17.9 Å². The molecule has 1 N–H and O–H groups in total. The van der Waals surface area contributed by atoms with E-state index in [1.165, 1.54) is 12.1 Å². The van der Waals surface area contributed by atoms with Gasteiger partial charge in [0.15, 0.2) is 5.76 Å². The van der Waals surface area contributed by atoms with Crippen LogP contribution >= 0.6 is 12.2 Å². The first-order valence-electron chi connectivity index (χ1n) is 4.10. The molecule has 1 aromatic heterocycles. The number of hydrogen-bond donors (Lipinski definition) is 1. The second-order valence-corrected chi connectivity index (χ2v) is 3.22. The highest BCUT2D eigenvalue weighted by atomic mass is 32.1. The summed E-state index contributed by atoms with van der Waals surface area (Å²) < 4.78 is 5.14. The lowest BCUT2D eigenvalue weighted by Crippen LogP contribution is -1.87. The molecule has 2 aromatic rings. The topological polar surface area (TPSA) is 72.1 Å². The van der Waals surface area contributed by atoms with Crippen molar-refractivity contribution in [2.45, 2.75) is 0 Å². The fourth-order valence-electron chi connectivity index (χ4n) is 1.20. The van der Waals surface area contributed by atoms with Crippen LogP contribution in [0.4, 0.5) is 5.69 Å². The van der Waals surface area contributed by atoms with Crippen LogP contribution in [0.5, 0.6) is 0 Å². The number of nitrogens with one attached hydrogen (secondary N) is 1. The SMILES string of the molecule is O=[N+]([O-])c1cccc(-c2c[nH]c(=S)o2)c1. The highest BCUT2D eigenvalue weighted by Gasteiger charge is 2.08. The monoisotopic (exact) mass is 222 g/mol. The maximum Gasteiger partial charge on any atom is 0.270 e. The lowest BCUT2D eigenvalue weighted by atomic mass is 10.2. The number of nitro benzene ring substituents is 1. The van der Waals surface area contributed by atoms with E-state index in [1.807, 2.05) is 0 Å². The number of rotatable bonds is 2. The minimum absolute atomic E-state index is 0.0230. The highest BCUT2D eigenvalue weighted by molar-refractivity contribution is 7.71. The molecule has 2 rings (SSSR count). The first-order chi connectivity index (χ1) is 7.16. The largest absolute Gasteiger partial charge is 0.429 e. The van der Waals surface area contributed by atoms with E-state index in [0.29, 0.717) is 11.3 Å². The number of oxazole rings is 1. The van der Waals surface area contributed by atoms with Crippen LogP contribution < -0.4 is 0 Å². The standard InChI is InChI=1S/C9H6N2O3S/c12-11(13)7-3-1-2-6(4-7)8-5-10-9(15)14-8/h1-5H,(H,10,15). The van der Waals surface area contributed by atoms with E-state index in [-0.39, 0.29) is 10.5 Å². The molecule has 0 bridgehead atoms. The molecule has 0 saturated carbocycles. The minimum Gasteiger partial charge on any atom is -0.429 e. The zero-order valence-corrected chi connectivity index (χ0v) is 8.28. The fraction of sp³-hybridized carbons (Fsp3) is 0. The summed E-state index contributed by atoms with van der Waals surface area (Å²) >= 11 is 4.76. The van der Waals surface area contributed by atoms with Crippen LogP contribution in [0.3, 0.4) is 0 Å². The van der Waals surface area contributed by atoms with Crippen molar-refractivity contribution in [3.63, 3.8) is 0 Å². The van der Waals surface area contributed by atoms with Gasteiger partial charge >= 0.3 is 0 Å². The van der Waals surface area contributed by atoms with Crippen LogP contribution in [-0.4, -0.2) is 9.91 Å². The molecule has 0 aliphatic heterocycles. The average Bonchev–Trinajstić information content (AvgIpc) is 2.65. The molecular formula is C9H6N2O3S. The predicted octanol–water partition coefficient (Wildman–Crippen LogP) is 2.91. The van der Waals surface area contributed by atoms with Gasteiger partial charge in [-0.15, -0.1) is 0 Å². The maximum atomic E-state index is 10.5.